The van der Waals surface area contributed by atoms with Crippen molar-refractivity contribution in [1.29, 1.82) is 0 Å². The first-order chi connectivity index (χ1) is 40.6. The maximum Gasteiger partial charge on any atom is 0.361 e. The summed E-state index contributed by atoms with van der Waals surface area (Å²) < 4.78 is 23.0. The normalized spacial score (nSPS) is 13.2. The fraction of sp³-hybridized carbons (Fsp3) is 0.770. The monoisotopic (exact) mass is 1160 g/mol. The Morgan fingerprint density at radius 2 is 0.687 bits per heavy atom. The lowest BCUT2D eigenvalue weighted by Crippen LogP contribution is -2.40. The standard InChI is InChI=1S/C74H131NO8/c1-6-8-10-12-14-16-18-20-22-24-26-27-28-29-30-31-32-33-34-35-36-37-38-39-40-41-42-43-44-45-47-49-51-53-55-57-59-61-63-65-72(77)83-70(69-82-74(73(78)79)80-67-66-75(3,4)5)68-81-71(76)64-62-60-58-56-54-52-50-48-46-25-23-21-19-17-15-13-11-9-7-2/h8,10,14-17,20-23,26-27,29-30,70,74H,6-7,9,11-13,18-19,24-25,28,31-69H2,1-5H3/p+1/b10-8-,16-14-,17-15-,22-20-,23-21-,27-26-,30-29-. The number of unbranched alkanes of at least 4 members (excludes halogenated alkanes) is 35. The summed E-state index contributed by atoms with van der Waals surface area (Å²) in [5, 5.41) is 9.73. The lowest BCUT2D eigenvalue weighted by molar-refractivity contribution is -0.870. The number of carboxylic acid groups (broad SMARTS) is 1. The third-order valence-corrected chi connectivity index (χ3v) is 15.1. The summed E-state index contributed by atoms with van der Waals surface area (Å²) in [5.74, 6) is -2.00. The third-order valence-electron chi connectivity index (χ3n) is 15.1. The molecule has 2 unspecified atom stereocenters. The van der Waals surface area contributed by atoms with E-state index in [2.05, 4.69) is 98.9 Å². The van der Waals surface area contributed by atoms with Gasteiger partial charge in [-0.05, 0) is 89.9 Å². The van der Waals surface area contributed by atoms with Crippen molar-refractivity contribution >= 4 is 17.9 Å². The van der Waals surface area contributed by atoms with Crippen LogP contribution in [0.25, 0.3) is 0 Å². The highest BCUT2D eigenvalue weighted by molar-refractivity contribution is 5.71. The Labute approximate surface area is 512 Å². The van der Waals surface area contributed by atoms with Crippen molar-refractivity contribution in [1.82, 2.24) is 0 Å². The molecule has 0 saturated heterocycles. The van der Waals surface area contributed by atoms with Crippen molar-refractivity contribution in [2.75, 3.05) is 47.5 Å². The second kappa shape index (κ2) is 64.5. The first-order valence-corrected chi connectivity index (χ1v) is 34.8. The Hall–Kier alpha value is -3.53. The lowest BCUT2D eigenvalue weighted by atomic mass is 10.0. The lowest BCUT2D eigenvalue weighted by Gasteiger charge is -2.25. The highest BCUT2D eigenvalue weighted by Crippen LogP contribution is 2.18. The molecule has 0 bridgehead atoms. The smallest absolute Gasteiger partial charge is 0.361 e. The molecule has 0 saturated carbocycles. The molecule has 0 aliphatic rings. The summed E-state index contributed by atoms with van der Waals surface area (Å²) in [6.45, 7) is 4.77. The van der Waals surface area contributed by atoms with Crippen molar-refractivity contribution < 1.29 is 42.9 Å². The van der Waals surface area contributed by atoms with Crippen LogP contribution in [0.5, 0.6) is 0 Å². The predicted octanol–water partition coefficient (Wildman–Crippen LogP) is 21.5. The van der Waals surface area contributed by atoms with Crippen LogP contribution in [0, 0.1) is 0 Å². The van der Waals surface area contributed by atoms with Crippen molar-refractivity contribution in [2.45, 2.75) is 322 Å². The van der Waals surface area contributed by atoms with Gasteiger partial charge in [-0.15, -0.1) is 0 Å². The number of allylic oxidation sites excluding steroid dienone is 14. The summed E-state index contributed by atoms with van der Waals surface area (Å²) in [6.07, 6.45) is 84.2. The van der Waals surface area contributed by atoms with Gasteiger partial charge in [0.05, 0.1) is 34.4 Å². The van der Waals surface area contributed by atoms with Gasteiger partial charge in [0.15, 0.2) is 6.10 Å². The fourth-order valence-corrected chi connectivity index (χ4v) is 9.84. The van der Waals surface area contributed by atoms with Gasteiger partial charge in [-0.2, -0.15) is 0 Å². The Morgan fingerprint density at radius 3 is 1.02 bits per heavy atom. The van der Waals surface area contributed by atoms with Crippen LogP contribution in [-0.2, 0) is 33.3 Å². The number of ether oxygens (including phenoxy) is 4. The van der Waals surface area contributed by atoms with Gasteiger partial charge in [0.25, 0.3) is 6.29 Å². The molecule has 0 spiro atoms. The van der Waals surface area contributed by atoms with Crippen LogP contribution in [0.3, 0.4) is 0 Å². The minimum atomic E-state index is -1.51. The van der Waals surface area contributed by atoms with Gasteiger partial charge in [-0.3, -0.25) is 9.59 Å². The second-order valence-corrected chi connectivity index (χ2v) is 24.5. The van der Waals surface area contributed by atoms with Crippen LogP contribution in [0.15, 0.2) is 85.1 Å². The van der Waals surface area contributed by atoms with Gasteiger partial charge in [0, 0.05) is 12.8 Å². The molecular formula is C74H132NO8+. The first-order valence-electron chi connectivity index (χ1n) is 34.8. The number of quaternary nitrogens is 1. The number of hydrogen-bond donors (Lipinski definition) is 1. The van der Waals surface area contributed by atoms with Gasteiger partial charge >= 0.3 is 17.9 Å². The highest BCUT2D eigenvalue weighted by Gasteiger charge is 2.25. The SMILES string of the molecule is CC/C=C\C/C=C\C/C=C\C/C=C\C/C=C\CCCCCCCCCCCCCCCCCCCCCCCCCC(=O)OC(COC(=O)CCCCCCCCCCC/C=C\C/C=C\CCCCC)COC(OCC[N+](C)(C)C)C(=O)O. The van der Waals surface area contributed by atoms with Crippen LogP contribution in [-0.4, -0.2) is 87.4 Å². The molecule has 1 N–H and O–H groups in total. The van der Waals surface area contributed by atoms with E-state index in [4.69, 9.17) is 18.9 Å². The zero-order valence-electron chi connectivity index (χ0n) is 54.8. The number of rotatable bonds is 64. The minimum Gasteiger partial charge on any atom is -0.477 e. The molecule has 0 radical (unpaired) electrons. The molecule has 0 aliphatic heterocycles. The van der Waals surface area contributed by atoms with Gasteiger partial charge in [-0.25, -0.2) is 4.79 Å². The maximum atomic E-state index is 12.9. The highest BCUT2D eigenvalue weighted by atomic mass is 16.7. The van der Waals surface area contributed by atoms with Gasteiger partial charge < -0.3 is 28.5 Å². The van der Waals surface area contributed by atoms with E-state index < -0.39 is 24.3 Å². The van der Waals surface area contributed by atoms with Crippen LogP contribution < -0.4 is 0 Å². The fourth-order valence-electron chi connectivity index (χ4n) is 9.84. The molecule has 9 heteroatoms. The molecule has 0 aromatic heterocycles. The first kappa shape index (κ1) is 79.5. The number of aliphatic carboxylic acids is 1. The average Bonchev–Trinajstić information content (AvgIpc) is 3.46. The molecule has 480 valence electrons. The number of nitrogens with zero attached hydrogens (tertiary/aromatic N) is 1. The number of carbonyl (C=O) groups excluding carboxylic acids is 2. The van der Waals surface area contributed by atoms with Crippen LogP contribution in [0.1, 0.15) is 309 Å². The van der Waals surface area contributed by atoms with E-state index in [-0.39, 0.29) is 32.2 Å². The molecule has 0 heterocycles. The number of hydrogen-bond acceptors (Lipinski definition) is 7. The third kappa shape index (κ3) is 65.9. The quantitative estimate of drug-likeness (QED) is 0.0211. The summed E-state index contributed by atoms with van der Waals surface area (Å²) in [4.78, 5) is 37.6. The Balaban J connectivity index is 4.00. The van der Waals surface area contributed by atoms with Crippen LogP contribution in [0.4, 0.5) is 0 Å². The molecule has 0 aromatic rings. The zero-order valence-corrected chi connectivity index (χ0v) is 54.8. The van der Waals surface area contributed by atoms with Gasteiger partial charge in [0.2, 0.25) is 0 Å². The van der Waals surface area contributed by atoms with E-state index in [1.807, 2.05) is 21.1 Å². The van der Waals surface area contributed by atoms with Crippen LogP contribution >= 0.6 is 0 Å². The van der Waals surface area contributed by atoms with E-state index >= 15 is 0 Å². The van der Waals surface area contributed by atoms with Gasteiger partial charge in [0.1, 0.15) is 13.2 Å². The predicted molar refractivity (Wildman–Crippen MR) is 355 cm³/mol. The number of esters is 2. The molecule has 0 fully saturated rings. The topological polar surface area (TPSA) is 108 Å². The van der Waals surface area contributed by atoms with Crippen molar-refractivity contribution in [3.8, 4) is 0 Å². The van der Waals surface area contributed by atoms with E-state index in [1.54, 1.807) is 0 Å². The molecule has 0 amide bonds. The number of carboxylic acids is 1. The molecule has 83 heavy (non-hydrogen) atoms. The van der Waals surface area contributed by atoms with E-state index in [0.29, 0.717) is 17.4 Å². The van der Waals surface area contributed by atoms with Gasteiger partial charge in [-0.1, -0.05) is 292 Å². The number of carbonyl (C=O) groups is 3. The summed E-state index contributed by atoms with van der Waals surface area (Å²) in [5.41, 5.74) is 0. The summed E-state index contributed by atoms with van der Waals surface area (Å²) in [6, 6.07) is 0. The molecule has 0 aliphatic carbocycles. The molecule has 0 rings (SSSR count). The van der Waals surface area contributed by atoms with E-state index in [1.165, 1.54) is 205 Å². The van der Waals surface area contributed by atoms with Crippen molar-refractivity contribution in [2.24, 2.45) is 0 Å². The Kier molecular flexibility index (Phi) is 61.7. The van der Waals surface area contributed by atoms with Crippen molar-refractivity contribution in [3.05, 3.63) is 85.1 Å². The molecule has 0 aromatic carbocycles. The maximum absolute atomic E-state index is 12.9. The Bertz CT molecular complexity index is 1640. The summed E-state index contributed by atoms with van der Waals surface area (Å²) >= 11 is 0. The Morgan fingerprint density at radius 1 is 0.373 bits per heavy atom. The van der Waals surface area contributed by atoms with Crippen LogP contribution in [0.2, 0.25) is 0 Å². The average molecular weight is 1160 g/mol. The molecular weight excluding hydrogens is 1030 g/mol. The molecule has 9 nitrogen and oxygen atoms in total. The zero-order chi connectivity index (χ0) is 60.5. The number of likely N-dealkylation sites (N-methyl/N-ethyl adjacent to an activating group) is 1. The largest absolute Gasteiger partial charge is 0.477 e. The minimum absolute atomic E-state index is 0.183. The summed E-state index contributed by atoms with van der Waals surface area (Å²) in [7, 11) is 5.98. The van der Waals surface area contributed by atoms with Crippen molar-refractivity contribution in [3.63, 3.8) is 0 Å². The second-order valence-electron chi connectivity index (χ2n) is 24.5. The van der Waals surface area contributed by atoms with E-state index in [0.717, 1.165) is 77.0 Å². The molecule has 2 atom stereocenters. The van der Waals surface area contributed by atoms with E-state index in [9.17, 15) is 19.5 Å².